The van der Waals surface area contributed by atoms with Gasteiger partial charge in [0, 0.05) is 5.56 Å². The molecule has 0 spiro atoms. The molecule has 5 heteroatoms. The first kappa shape index (κ1) is 12.8. The molecule has 3 N–H and O–H groups in total. The van der Waals surface area contributed by atoms with Gasteiger partial charge in [0.2, 0.25) is 0 Å². The maximum Gasteiger partial charge on any atom is 0.254 e. The Hall–Kier alpha value is -1.62. The summed E-state index contributed by atoms with van der Waals surface area (Å²) in [7, 11) is 0. The van der Waals surface area contributed by atoms with Crippen molar-refractivity contribution in [1.82, 2.24) is 4.90 Å². The van der Waals surface area contributed by atoms with Gasteiger partial charge in [-0.1, -0.05) is 13.8 Å². The van der Waals surface area contributed by atoms with Crippen molar-refractivity contribution in [3.8, 4) is 0 Å². The van der Waals surface area contributed by atoms with Crippen LogP contribution in [-0.4, -0.2) is 34.6 Å². The lowest BCUT2D eigenvalue weighted by molar-refractivity contribution is -0.110. The topological polar surface area (TPSA) is 66.6 Å². The van der Waals surface area contributed by atoms with Gasteiger partial charge < -0.3 is 15.7 Å². The Morgan fingerprint density at radius 2 is 2.11 bits per heavy atom. The van der Waals surface area contributed by atoms with E-state index in [1.807, 2.05) is 13.8 Å². The van der Waals surface area contributed by atoms with Crippen molar-refractivity contribution in [2.45, 2.75) is 19.4 Å². The molecule has 1 amide bonds. The van der Waals surface area contributed by atoms with E-state index in [0.29, 0.717) is 18.7 Å². The predicted molar refractivity (Wildman–Crippen MR) is 66.5 cm³/mol. The van der Waals surface area contributed by atoms with E-state index in [2.05, 4.69) is 0 Å². The fourth-order valence-electron chi connectivity index (χ4n) is 1.98. The van der Waals surface area contributed by atoms with E-state index < -0.39 is 11.4 Å². The minimum atomic E-state index is -0.804. The maximum absolute atomic E-state index is 13.0. The van der Waals surface area contributed by atoms with Gasteiger partial charge in [0.05, 0.1) is 18.8 Å². The first-order chi connectivity index (χ1) is 8.33. The third kappa shape index (κ3) is 2.06. The van der Waals surface area contributed by atoms with Crippen LogP contribution in [0.3, 0.4) is 0 Å². The van der Waals surface area contributed by atoms with E-state index in [4.69, 9.17) is 5.73 Å². The Morgan fingerprint density at radius 3 is 2.61 bits per heavy atom. The van der Waals surface area contributed by atoms with Crippen molar-refractivity contribution in [1.29, 1.82) is 0 Å². The minimum absolute atomic E-state index is 0.0412. The number of benzene rings is 1. The van der Waals surface area contributed by atoms with Crippen LogP contribution in [0.5, 0.6) is 0 Å². The van der Waals surface area contributed by atoms with E-state index >= 15 is 0 Å². The molecule has 98 valence electrons. The molecular weight excluding hydrogens is 235 g/mol. The molecule has 0 radical (unpaired) electrons. The highest BCUT2D eigenvalue weighted by atomic mass is 19.1. The zero-order chi connectivity index (χ0) is 13.5. The van der Waals surface area contributed by atoms with Crippen LogP contribution in [-0.2, 0) is 0 Å². The van der Waals surface area contributed by atoms with Crippen molar-refractivity contribution in [3.05, 3.63) is 29.6 Å². The average Bonchev–Trinajstić information content (AvgIpc) is 2.27. The Kier molecular flexibility index (Phi) is 3.02. The summed E-state index contributed by atoms with van der Waals surface area (Å²) in [6, 6.07) is 3.90. The van der Waals surface area contributed by atoms with Gasteiger partial charge in [-0.15, -0.1) is 0 Å². The van der Waals surface area contributed by atoms with Crippen molar-refractivity contribution in [2.75, 3.05) is 18.8 Å². The summed E-state index contributed by atoms with van der Waals surface area (Å²) in [5.41, 5.74) is 4.93. The molecule has 1 fully saturated rings. The minimum Gasteiger partial charge on any atom is -0.396 e. The van der Waals surface area contributed by atoms with Gasteiger partial charge in [-0.25, -0.2) is 4.39 Å². The van der Waals surface area contributed by atoms with Crippen LogP contribution in [0.4, 0.5) is 10.1 Å². The first-order valence-corrected chi connectivity index (χ1v) is 5.90. The van der Waals surface area contributed by atoms with Crippen LogP contribution < -0.4 is 5.73 Å². The highest BCUT2D eigenvalue weighted by Gasteiger charge is 2.45. The Bertz CT molecular complexity index is 482. The fourth-order valence-corrected chi connectivity index (χ4v) is 1.98. The van der Waals surface area contributed by atoms with E-state index in [1.54, 1.807) is 0 Å². The maximum atomic E-state index is 13.0. The number of hydrogen-bond acceptors (Lipinski definition) is 3. The highest BCUT2D eigenvalue weighted by Crippen LogP contribution is 2.30. The van der Waals surface area contributed by atoms with E-state index in [1.165, 1.54) is 23.1 Å². The molecule has 4 nitrogen and oxygen atoms in total. The van der Waals surface area contributed by atoms with Crippen LogP contribution in [0.2, 0.25) is 0 Å². The normalized spacial score (nSPS) is 17.7. The number of carbonyl (C=O) groups is 1. The first-order valence-electron chi connectivity index (χ1n) is 5.90. The van der Waals surface area contributed by atoms with Crippen LogP contribution >= 0.6 is 0 Å². The molecule has 2 rings (SSSR count). The van der Waals surface area contributed by atoms with E-state index in [0.717, 1.165) is 0 Å². The molecule has 0 aliphatic carbocycles. The fraction of sp³-hybridized carbons (Fsp3) is 0.462. The summed E-state index contributed by atoms with van der Waals surface area (Å²) >= 11 is 0. The number of aliphatic hydroxyl groups is 1. The van der Waals surface area contributed by atoms with Gasteiger partial charge in [0.25, 0.3) is 5.91 Å². The van der Waals surface area contributed by atoms with Crippen molar-refractivity contribution < 1.29 is 14.3 Å². The van der Waals surface area contributed by atoms with Crippen LogP contribution in [0.1, 0.15) is 24.2 Å². The molecule has 1 aromatic rings. The number of anilines is 1. The monoisotopic (exact) mass is 252 g/mol. The summed E-state index contributed by atoms with van der Waals surface area (Å²) in [5.74, 6) is -0.666. The number of likely N-dealkylation sites (tertiary alicyclic amines) is 1. The van der Waals surface area contributed by atoms with Gasteiger partial charge in [-0.3, -0.25) is 4.79 Å². The van der Waals surface area contributed by atoms with Crippen molar-refractivity contribution in [3.63, 3.8) is 0 Å². The summed E-state index contributed by atoms with van der Waals surface area (Å²) in [6.07, 6.45) is 0. The van der Waals surface area contributed by atoms with Gasteiger partial charge in [0.1, 0.15) is 11.4 Å². The molecule has 0 aromatic heterocycles. The zero-order valence-electron chi connectivity index (χ0n) is 10.5. The quantitative estimate of drug-likeness (QED) is 0.778. The smallest absolute Gasteiger partial charge is 0.254 e. The number of amides is 1. The standard InChI is InChI=1S/C13H17FN2O2/c1-8(2)13(18)6-16(7-13)12(17)9-3-4-10(14)11(15)5-9/h3-5,8,18H,6-7,15H2,1-2H3. The summed E-state index contributed by atoms with van der Waals surface area (Å²) in [4.78, 5) is 13.6. The van der Waals surface area contributed by atoms with Gasteiger partial charge in [-0.05, 0) is 24.1 Å². The molecule has 0 bridgehead atoms. The number of β-amino-alcohol motifs (C(OH)–C–C–N with tert-alkyl or cyclic N) is 1. The molecule has 0 saturated carbocycles. The lowest BCUT2D eigenvalue weighted by atomic mass is 9.82. The van der Waals surface area contributed by atoms with Crippen LogP contribution in [0.15, 0.2) is 18.2 Å². The third-order valence-electron chi connectivity index (χ3n) is 3.53. The summed E-state index contributed by atoms with van der Waals surface area (Å²) < 4.78 is 13.0. The average molecular weight is 252 g/mol. The largest absolute Gasteiger partial charge is 0.396 e. The molecule has 0 unspecified atom stereocenters. The molecule has 1 heterocycles. The lowest BCUT2D eigenvalue weighted by Crippen LogP contribution is -2.65. The summed E-state index contributed by atoms with van der Waals surface area (Å²) in [6.45, 7) is 4.44. The second-order valence-electron chi connectivity index (χ2n) is 5.16. The van der Waals surface area contributed by atoms with Gasteiger partial charge in [-0.2, -0.15) is 0 Å². The molecule has 0 atom stereocenters. The van der Waals surface area contributed by atoms with E-state index in [9.17, 15) is 14.3 Å². The number of rotatable bonds is 2. The zero-order valence-corrected chi connectivity index (χ0v) is 10.5. The van der Waals surface area contributed by atoms with Crippen molar-refractivity contribution >= 4 is 11.6 Å². The second kappa shape index (κ2) is 4.24. The Labute approximate surface area is 105 Å². The van der Waals surface area contributed by atoms with Crippen molar-refractivity contribution in [2.24, 2.45) is 5.92 Å². The molecule has 18 heavy (non-hydrogen) atoms. The molecule has 1 aliphatic heterocycles. The van der Waals surface area contributed by atoms with Crippen LogP contribution in [0, 0.1) is 11.7 Å². The predicted octanol–water partition coefficient (Wildman–Crippen LogP) is 1.25. The van der Waals surface area contributed by atoms with Gasteiger partial charge >= 0.3 is 0 Å². The number of halogens is 1. The lowest BCUT2D eigenvalue weighted by Gasteiger charge is -2.49. The number of nitrogens with two attached hydrogens (primary N) is 1. The highest BCUT2D eigenvalue weighted by molar-refractivity contribution is 5.95. The Balaban J connectivity index is 2.08. The van der Waals surface area contributed by atoms with Crippen LogP contribution in [0.25, 0.3) is 0 Å². The third-order valence-corrected chi connectivity index (χ3v) is 3.53. The van der Waals surface area contributed by atoms with E-state index in [-0.39, 0.29) is 17.5 Å². The van der Waals surface area contributed by atoms with Gasteiger partial charge in [0.15, 0.2) is 0 Å². The molecule has 1 aromatic carbocycles. The number of nitrogens with zero attached hydrogens (tertiary/aromatic N) is 1. The molecule has 1 aliphatic rings. The number of hydrogen-bond donors (Lipinski definition) is 2. The molecular formula is C13H17FN2O2. The molecule has 1 saturated heterocycles. The Morgan fingerprint density at radius 1 is 1.50 bits per heavy atom. The number of carbonyl (C=O) groups excluding carboxylic acids is 1. The SMILES string of the molecule is CC(C)C1(O)CN(C(=O)c2ccc(F)c(N)c2)C1. The second-order valence-corrected chi connectivity index (χ2v) is 5.16. The number of nitrogen functional groups attached to an aromatic ring is 1. The summed E-state index contributed by atoms with van der Waals surface area (Å²) in [5, 5.41) is 10.1.